The molecule has 0 aliphatic heterocycles. The molecule has 2 N–H and O–H groups in total. The lowest BCUT2D eigenvalue weighted by molar-refractivity contribution is -0.123. The second-order valence-corrected chi connectivity index (χ2v) is 5.66. The number of hydrogen-bond donors (Lipinski definition) is 2. The van der Waals surface area contributed by atoms with Crippen LogP contribution in [0.2, 0.25) is 0 Å². The van der Waals surface area contributed by atoms with Crippen molar-refractivity contribution in [3.05, 3.63) is 60.3 Å². The van der Waals surface area contributed by atoms with Crippen LogP contribution < -0.4 is 10.1 Å². The minimum atomic E-state index is -3.03. The number of rotatable bonds is 6. The van der Waals surface area contributed by atoms with Crippen molar-refractivity contribution in [2.75, 3.05) is 5.32 Å². The molecule has 0 bridgehead atoms. The average molecular weight is 374 g/mol. The average Bonchev–Trinajstić information content (AvgIpc) is 3.07. The molecule has 1 atom stereocenters. The number of aromatic nitrogens is 1. The minimum Gasteiger partial charge on any atom is -0.449 e. The maximum Gasteiger partial charge on any atom is 0.387 e. The highest BCUT2D eigenvalue weighted by atomic mass is 19.3. The lowest BCUT2D eigenvalue weighted by atomic mass is 10.2. The summed E-state index contributed by atoms with van der Waals surface area (Å²) in [6.45, 7) is -1.64. The molecule has 2 aromatic carbocycles. The van der Waals surface area contributed by atoms with Gasteiger partial charge >= 0.3 is 12.6 Å². The molecule has 0 spiro atoms. The number of nitrogens with one attached hydrogen (secondary N) is 2. The molecule has 3 rings (SSSR count). The fourth-order valence-corrected chi connectivity index (χ4v) is 2.52. The Morgan fingerprint density at radius 1 is 1.07 bits per heavy atom. The minimum absolute atomic E-state index is 0.0535. The van der Waals surface area contributed by atoms with E-state index < -0.39 is 24.6 Å². The standard InChI is InChI=1S/C19H16F2N2O4/c1-11(17(24)23-15-8-4-5-9-16(15)27-19(20)21)26-18(25)13-10-22-14-7-3-2-6-12(13)14/h2-11,19,22H,1H3,(H,23,24)/t11-/m0/s1. The molecule has 0 aliphatic carbocycles. The van der Waals surface area contributed by atoms with Crippen molar-refractivity contribution in [3.63, 3.8) is 0 Å². The number of H-pyrrole nitrogens is 1. The Hall–Kier alpha value is -3.42. The molecule has 1 amide bonds. The molecular formula is C19H16F2N2O4. The number of alkyl halides is 2. The van der Waals surface area contributed by atoms with E-state index in [1.54, 1.807) is 18.2 Å². The van der Waals surface area contributed by atoms with Gasteiger partial charge in [-0.05, 0) is 25.1 Å². The quantitative estimate of drug-likeness (QED) is 0.640. The van der Waals surface area contributed by atoms with Crippen molar-refractivity contribution < 1.29 is 27.8 Å². The van der Waals surface area contributed by atoms with Crippen molar-refractivity contribution in [3.8, 4) is 5.75 Å². The lowest BCUT2D eigenvalue weighted by Crippen LogP contribution is -2.30. The number of fused-ring (bicyclic) bond motifs is 1. The summed E-state index contributed by atoms with van der Waals surface area (Å²) < 4.78 is 34.4. The summed E-state index contributed by atoms with van der Waals surface area (Å²) in [5.74, 6) is -1.53. The first-order chi connectivity index (χ1) is 13.0. The van der Waals surface area contributed by atoms with Crippen LogP contribution in [0, 0.1) is 0 Å². The second kappa shape index (κ2) is 7.86. The number of hydrogen-bond acceptors (Lipinski definition) is 4. The second-order valence-electron chi connectivity index (χ2n) is 5.66. The van der Waals surface area contributed by atoms with Gasteiger partial charge in [0.15, 0.2) is 6.10 Å². The number of halogens is 2. The van der Waals surface area contributed by atoms with Crippen LogP contribution in [0.5, 0.6) is 5.75 Å². The Labute approximate surface area is 153 Å². The van der Waals surface area contributed by atoms with E-state index in [4.69, 9.17) is 4.74 Å². The van der Waals surface area contributed by atoms with Crippen LogP contribution in [-0.2, 0) is 9.53 Å². The van der Waals surface area contributed by atoms with Crippen molar-refractivity contribution in [1.29, 1.82) is 0 Å². The van der Waals surface area contributed by atoms with Crippen LogP contribution in [-0.4, -0.2) is 29.6 Å². The third-order valence-electron chi connectivity index (χ3n) is 3.82. The van der Waals surface area contributed by atoms with E-state index in [0.717, 1.165) is 5.52 Å². The Kier molecular flexibility index (Phi) is 5.35. The van der Waals surface area contributed by atoms with Gasteiger partial charge in [0.1, 0.15) is 5.75 Å². The van der Waals surface area contributed by atoms with Gasteiger partial charge in [-0.15, -0.1) is 0 Å². The van der Waals surface area contributed by atoms with Gasteiger partial charge in [0, 0.05) is 17.1 Å². The summed E-state index contributed by atoms with van der Waals surface area (Å²) in [5, 5.41) is 3.09. The van der Waals surface area contributed by atoms with Crippen molar-refractivity contribution in [2.45, 2.75) is 19.6 Å². The number of esters is 1. The molecule has 1 aromatic heterocycles. The zero-order valence-electron chi connectivity index (χ0n) is 14.2. The van der Waals surface area contributed by atoms with E-state index in [0.29, 0.717) is 10.9 Å². The van der Waals surface area contributed by atoms with Crippen LogP contribution in [0.3, 0.4) is 0 Å². The van der Waals surface area contributed by atoms with E-state index in [2.05, 4.69) is 15.0 Å². The highest BCUT2D eigenvalue weighted by Crippen LogP contribution is 2.26. The fourth-order valence-electron chi connectivity index (χ4n) is 2.52. The molecule has 0 unspecified atom stereocenters. The van der Waals surface area contributed by atoms with Crippen LogP contribution in [0.4, 0.5) is 14.5 Å². The van der Waals surface area contributed by atoms with E-state index in [9.17, 15) is 18.4 Å². The van der Waals surface area contributed by atoms with E-state index >= 15 is 0 Å². The van der Waals surface area contributed by atoms with Crippen LogP contribution >= 0.6 is 0 Å². The van der Waals surface area contributed by atoms with Crippen LogP contribution in [0.15, 0.2) is 54.7 Å². The molecule has 0 fully saturated rings. The Balaban J connectivity index is 1.68. The van der Waals surface area contributed by atoms with Crippen molar-refractivity contribution in [2.24, 2.45) is 0 Å². The number of ether oxygens (including phenoxy) is 2. The monoisotopic (exact) mass is 374 g/mol. The molecule has 1 heterocycles. The summed E-state index contributed by atoms with van der Waals surface area (Å²) in [6, 6.07) is 12.9. The van der Waals surface area contributed by atoms with Gasteiger partial charge in [0.25, 0.3) is 5.91 Å². The molecule has 0 radical (unpaired) electrons. The highest BCUT2D eigenvalue weighted by molar-refractivity contribution is 6.05. The van der Waals surface area contributed by atoms with E-state index in [1.807, 2.05) is 12.1 Å². The summed E-state index contributed by atoms with van der Waals surface area (Å²) in [7, 11) is 0. The molecule has 0 saturated carbocycles. The first-order valence-corrected chi connectivity index (χ1v) is 8.07. The first-order valence-electron chi connectivity index (χ1n) is 8.07. The maximum atomic E-state index is 12.4. The normalized spacial score (nSPS) is 12.0. The summed E-state index contributed by atoms with van der Waals surface area (Å²) in [6.07, 6.45) is 0.356. The van der Waals surface area contributed by atoms with Crippen LogP contribution in [0.25, 0.3) is 10.9 Å². The molecule has 27 heavy (non-hydrogen) atoms. The Morgan fingerprint density at radius 3 is 2.56 bits per heavy atom. The first kappa shape index (κ1) is 18.4. The van der Waals surface area contributed by atoms with Gasteiger partial charge in [-0.3, -0.25) is 4.79 Å². The van der Waals surface area contributed by atoms with Crippen molar-refractivity contribution in [1.82, 2.24) is 4.98 Å². The van der Waals surface area contributed by atoms with E-state index in [-0.39, 0.29) is 11.4 Å². The largest absolute Gasteiger partial charge is 0.449 e. The van der Waals surface area contributed by atoms with Gasteiger partial charge in [-0.25, -0.2) is 4.79 Å². The summed E-state index contributed by atoms with van der Waals surface area (Å²) >= 11 is 0. The lowest BCUT2D eigenvalue weighted by Gasteiger charge is -2.15. The molecule has 0 saturated heterocycles. The number of anilines is 1. The molecule has 8 heteroatoms. The molecule has 0 aliphatic rings. The summed E-state index contributed by atoms with van der Waals surface area (Å²) in [5.41, 5.74) is 1.11. The number of benzene rings is 2. The van der Waals surface area contributed by atoms with Gasteiger partial charge in [-0.1, -0.05) is 30.3 Å². The van der Waals surface area contributed by atoms with Crippen molar-refractivity contribution >= 4 is 28.5 Å². The van der Waals surface area contributed by atoms with Crippen LogP contribution in [0.1, 0.15) is 17.3 Å². The van der Waals surface area contributed by atoms with E-state index in [1.165, 1.54) is 31.3 Å². The number of para-hydroxylation sites is 3. The van der Waals surface area contributed by atoms with Gasteiger partial charge < -0.3 is 19.8 Å². The zero-order valence-corrected chi connectivity index (χ0v) is 14.2. The Bertz CT molecular complexity index is 971. The smallest absolute Gasteiger partial charge is 0.387 e. The molecule has 3 aromatic rings. The van der Waals surface area contributed by atoms with Gasteiger partial charge in [0.05, 0.1) is 11.3 Å². The third-order valence-corrected chi connectivity index (χ3v) is 3.82. The molecule has 6 nitrogen and oxygen atoms in total. The number of carbonyl (C=O) groups excluding carboxylic acids is 2. The van der Waals surface area contributed by atoms with Gasteiger partial charge in [0.2, 0.25) is 0 Å². The number of aromatic amines is 1. The molecule has 140 valence electrons. The number of carbonyl (C=O) groups is 2. The maximum absolute atomic E-state index is 12.4. The summed E-state index contributed by atoms with van der Waals surface area (Å²) in [4.78, 5) is 27.6. The Morgan fingerprint density at radius 2 is 1.78 bits per heavy atom. The van der Waals surface area contributed by atoms with Gasteiger partial charge in [-0.2, -0.15) is 8.78 Å². The zero-order chi connectivity index (χ0) is 19.4. The predicted molar refractivity (Wildman–Crippen MR) is 94.9 cm³/mol. The topological polar surface area (TPSA) is 80.4 Å². The highest BCUT2D eigenvalue weighted by Gasteiger charge is 2.22. The SMILES string of the molecule is C[C@H](OC(=O)c1c[nH]c2ccccc12)C(=O)Nc1ccccc1OC(F)F. The molecular weight excluding hydrogens is 358 g/mol. The third kappa shape index (κ3) is 4.22. The fraction of sp³-hybridized carbons (Fsp3) is 0.158. The predicted octanol–water partition coefficient (Wildman–Crippen LogP) is 3.95. The number of amides is 1.